The van der Waals surface area contributed by atoms with E-state index in [9.17, 15) is 9.90 Å². The van der Waals surface area contributed by atoms with Gasteiger partial charge >= 0.3 is 5.97 Å². The maximum atomic E-state index is 11.5. The number of carboxylic acids is 1. The molecule has 0 bridgehead atoms. The molecule has 132 valence electrons. The average Bonchev–Trinajstić information content (AvgIpc) is 2.67. The maximum Gasteiger partial charge on any atom is 0.339 e. The Morgan fingerprint density at radius 2 is 1.96 bits per heavy atom. The van der Waals surface area contributed by atoms with Gasteiger partial charge in [0, 0.05) is 30.9 Å². The molecular weight excluding hydrogens is 338 g/mol. The monoisotopic (exact) mass is 359 g/mol. The van der Waals surface area contributed by atoms with Gasteiger partial charge in [0.15, 0.2) is 5.16 Å². The molecule has 2 aromatic rings. The summed E-state index contributed by atoms with van der Waals surface area (Å²) in [6.45, 7) is 5.56. The zero-order valence-electron chi connectivity index (χ0n) is 14.3. The third kappa shape index (κ3) is 4.00. The lowest BCUT2D eigenvalue weighted by molar-refractivity contribution is 0.0198. The van der Waals surface area contributed by atoms with E-state index in [0.29, 0.717) is 16.9 Å². The van der Waals surface area contributed by atoms with Gasteiger partial charge < -0.3 is 9.84 Å². The number of thioether (sulfide) groups is 1. The fourth-order valence-corrected chi connectivity index (χ4v) is 3.28. The van der Waals surface area contributed by atoms with Crippen molar-refractivity contribution >= 4 is 17.7 Å². The lowest BCUT2D eigenvalue weighted by Gasteiger charge is -2.32. The third-order valence-corrected chi connectivity index (χ3v) is 5.00. The van der Waals surface area contributed by atoms with Crippen molar-refractivity contribution in [3.63, 3.8) is 0 Å². The number of carboxylic acid groups (broad SMARTS) is 1. The van der Waals surface area contributed by atoms with Crippen LogP contribution in [0.25, 0.3) is 11.3 Å². The summed E-state index contributed by atoms with van der Waals surface area (Å²) >= 11 is 1.39. The number of morpholine rings is 1. The minimum absolute atomic E-state index is 0.117. The number of nitrogens with zero attached hydrogens (tertiary/aromatic N) is 3. The number of rotatable bonds is 5. The van der Waals surface area contributed by atoms with Crippen molar-refractivity contribution in [3.05, 3.63) is 41.6 Å². The molecule has 2 heterocycles. The molecule has 0 aliphatic carbocycles. The van der Waals surface area contributed by atoms with E-state index in [1.165, 1.54) is 23.5 Å². The van der Waals surface area contributed by atoms with Crippen molar-refractivity contribution in [1.82, 2.24) is 14.9 Å². The molecule has 1 fully saturated rings. The highest BCUT2D eigenvalue weighted by molar-refractivity contribution is 7.98. The first-order chi connectivity index (χ1) is 12.1. The van der Waals surface area contributed by atoms with Crippen molar-refractivity contribution in [1.29, 1.82) is 0 Å². The smallest absolute Gasteiger partial charge is 0.339 e. The Kier molecular flexibility index (Phi) is 5.67. The van der Waals surface area contributed by atoms with Gasteiger partial charge in [0.25, 0.3) is 0 Å². The van der Waals surface area contributed by atoms with Crippen LogP contribution in [-0.4, -0.2) is 58.5 Å². The van der Waals surface area contributed by atoms with Crippen molar-refractivity contribution in [2.45, 2.75) is 18.1 Å². The molecule has 0 radical (unpaired) electrons. The van der Waals surface area contributed by atoms with E-state index < -0.39 is 5.97 Å². The van der Waals surface area contributed by atoms with Crippen LogP contribution >= 0.6 is 11.8 Å². The van der Waals surface area contributed by atoms with E-state index in [1.807, 2.05) is 30.5 Å². The summed E-state index contributed by atoms with van der Waals surface area (Å²) in [5.41, 5.74) is 2.55. The Hall–Kier alpha value is -1.96. The van der Waals surface area contributed by atoms with Crippen LogP contribution in [0.5, 0.6) is 0 Å². The van der Waals surface area contributed by atoms with Crippen LogP contribution < -0.4 is 0 Å². The molecular formula is C18H21N3O3S. The number of carbonyl (C=O) groups is 1. The maximum absolute atomic E-state index is 11.5. The lowest BCUT2D eigenvalue weighted by Crippen LogP contribution is -2.37. The zero-order valence-corrected chi connectivity index (χ0v) is 15.1. The van der Waals surface area contributed by atoms with Crippen LogP contribution in [0.3, 0.4) is 0 Å². The van der Waals surface area contributed by atoms with E-state index >= 15 is 0 Å². The molecule has 0 amide bonds. The van der Waals surface area contributed by atoms with Crippen LogP contribution in [0, 0.1) is 0 Å². The highest BCUT2D eigenvalue weighted by Crippen LogP contribution is 2.27. The molecule has 25 heavy (non-hydrogen) atoms. The first-order valence-electron chi connectivity index (χ1n) is 8.16. The van der Waals surface area contributed by atoms with Gasteiger partial charge in [-0.1, -0.05) is 36.0 Å². The molecule has 1 saturated heterocycles. The lowest BCUT2D eigenvalue weighted by atomic mass is 10.0. The molecule has 7 heteroatoms. The minimum Gasteiger partial charge on any atom is -0.478 e. The SMILES string of the molecule is CSc1ncc(C(=O)O)c(-c2ccc([C@H](C)N3CCOCC3)cc2)n1. The summed E-state index contributed by atoms with van der Waals surface area (Å²) in [6, 6.07) is 8.25. The Balaban J connectivity index is 1.88. The van der Waals surface area contributed by atoms with Crippen LogP contribution in [-0.2, 0) is 4.74 Å². The quantitative estimate of drug-likeness (QED) is 0.650. The summed E-state index contributed by atoms with van der Waals surface area (Å²) in [6.07, 6.45) is 3.24. The van der Waals surface area contributed by atoms with E-state index in [0.717, 1.165) is 31.9 Å². The summed E-state index contributed by atoms with van der Waals surface area (Å²) < 4.78 is 5.41. The van der Waals surface area contributed by atoms with Gasteiger partial charge in [0.2, 0.25) is 0 Å². The molecule has 0 spiro atoms. The minimum atomic E-state index is -1.02. The molecule has 3 rings (SSSR count). The molecule has 0 saturated carbocycles. The van der Waals surface area contributed by atoms with Gasteiger partial charge in [-0.2, -0.15) is 0 Å². The van der Waals surface area contributed by atoms with Crippen molar-refractivity contribution < 1.29 is 14.6 Å². The molecule has 1 atom stereocenters. The van der Waals surface area contributed by atoms with Gasteiger partial charge in [0.1, 0.15) is 5.56 Å². The van der Waals surface area contributed by atoms with Crippen LogP contribution in [0.2, 0.25) is 0 Å². The normalized spacial score (nSPS) is 16.6. The van der Waals surface area contributed by atoms with Gasteiger partial charge in [-0.3, -0.25) is 4.90 Å². The predicted molar refractivity (Wildman–Crippen MR) is 97.0 cm³/mol. The zero-order chi connectivity index (χ0) is 17.8. The van der Waals surface area contributed by atoms with Gasteiger partial charge in [-0.05, 0) is 18.7 Å². The standard InChI is InChI=1S/C18H21N3O3S/c1-12(21-7-9-24-10-8-21)13-3-5-14(6-4-13)16-15(17(22)23)11-19-18(20-16)25-2/h3-6,11-12H,7-10H2,1-2H3,(H,22,23)/t12-/m0/s1. The van der Waals surface area contributed by atoms with Crippen LogP contribution in [0.1, 0.15) is 28.9 Å². The Labute approximate surface area is 151 Å². The van der Waals surface area contributed by atoms with Crippen molar-refractivity contribution in [2.24, 2.45) is 0 Å². The third-order valence-electron chi connectivity index (χ3n) is 4.44. The number of ether oxygens (including phenoxy) is 1. The molecule has 0 unspecified atom stereocenters. The number of aromatic nitrogens is 2. The van der Waals surface area contributed by atoms with E-state index in [1.54, 1.807) is 0 Å². The molecule has 1 aromatic heterocycles. The number of aromatic carboxylic acids is 1. The number of hydrogen-bond donors (Lipinski definition) is 1. The van der Waals surface area contributed by atoms with Crippen LogP contribution in [0.4, 0.5) is 0 Å². The largest absolute Gasteiger partial charge is 0.478 e. The summed E-state index contributed by atoms with van der Waals surface area (Å²) in [7, 11) is 0. The van der Waals surface area contributed by atoms with Gasteiger partial charge in [-0.25, -0.2) is 14.8 Å². The Morgan fingerprint density at radius 3 is 2.56 bits per heavy atom. The highest BCUT2D eigenvalue weighted by atomic mass is 32.2. The topological polar surface area (TPSA) is 75.5 Å². The summed E-state index contributed by atoms with van der Waals surface area (Å²) in [5, 5.41) is 9.96. The summed E-state index contributed by atoms with van der Waals surface area (Å²) in [5.74, 6) is -1.02. The average molecular weight is 359 g/mol. The second-order valence-electron chi connectivity index (χ2n) is 5.87. The molecule has 1 aromatic carbocycles. The van der Waals surface area contributed by atoms with E-state index in [2.05, 4.69) is 21.8 Å². The predicted octanol–water partition coefficient (Wildman–Crippen LogP) is 2.96. The van der Waals surface area contributed by atoms with Crippen molar-refractivity contribution in [2.75, 3.05) is 32.6 Å². The second-order valence-corrected chi connectivity index (χ2v) is 6.64. The molecule has 6 nitrogen and oxygen atoms in total. The number of benzene rings is 1. The first-order valence-corrected chi connectivity index (χ1v) is 9.39. The van der Waals surface area contributed by atoms with E-state index in [4.69, 9.17) is 4.74 Å². The van der Waals surface area contributed by atoms with E-state index in [-0.39, 0.29) is 5.56 Å². The van der Waals surface area contributed by atoms with Gasteiger partial charge in [0.05, 0.1) is 18.9 Å². The molecule has 1 aliphatic rings. The number of hydrogen-bond acceptors (Lipinski definition) is 6. The van der Waals surface area contributed by atoms with Crippen LogP contribution in [0.15, 0.2) is 35.6 Å². The Morgan fingerprint density at radius 1 is 1.28 bits per heavy atom. The Bertz CT molecular complexity index is 746. The highest BCUT2D eigenvalue weighted by Gasteiger charge is 2.19. The first kappa shape index (κ1) is 17.8. The fraction of sp³-hybridized carbons (Fsp3) is 0.389. The second kappa shape index (κ2) is 7.95. The fourth-order valence-electron chi connectivity index (χ4n) is 2.94. The molecule has 1 N–H and O–H groups in total. The van der Waals surface area contributed by atoms with Crippen molar-refractivity contribution in [3.8, 4) is 11.3 Å². The summed E-state index contributed by atoms with van der Waals surface area (Å²) in [4.78, 5) is 22.3. The van der Waals surface area contributed by atoms with Gasteiger partial charge in [-0.15, -0.1) is 0 Å². The molecule has 1 aliphatic heterocycles.